The van der Waals surface area contributed by atoms with Gasteiger partial charge in [-0.15, -0.1) is 0 Å². The highest BCUT2D eigenvalue weighted by Gasteiger charge is 2.03. The van der Waals surface area contributed by atoms with Crippen LogP contribution in [0.4, 0.5) is 0 Å². The van der Waals surface area contributed by atoms with Gasteiger partial charge in [-0.25, -0.2) is 0 Å². The van der Waals surface area contributed by atoms with Crippen molar-refractivity contribution in [1.29, 1.82) is 0 Å². The molecule has 0 saturated heterocycles. The van der Waals surface area contributed by atoms with Crippen LogP contribution in [0.3, 0.4) is 0 Å². The molecule has 1 aromatic heterocycles. The number of nitrogens with zero attached hydrogens (tertiary/aromatic N) is 1. The number of aromatic nitrogens is 1. The summed E-state index contributed by atoms with van der Waals surface area (Å²) in [5.41, 5.74) is 0. The van der Waals surface area contributed by atoms with Crippen LogP contribution >= 0.6 is 0 Å². The lowest BCUT2D eigenvalue weighted by molar-refractivity contribution is 0.418. The van der Waals surface area contributed by atoms with Crippen molar-refractivity contribution in [2.24, 2.45) is 0 Å². The Morgan fingerprint density at radius 3 is 2.85 bits per heavy atom. The zero-order chi connectivity index (χ0) is 9.26. The van der Waals surface area contributed by atoms with E-state index in [9.17, 15) is 5.11 Å². The van der Waals surface area contributed by atoms with E-state index in [0.717, 1.165) is 16.5 Å². The highest BCUT2D eigenvalue weighted by Crippen LogP contribution is 2.30. The third kappa shape index (κ3) is 1.18. The largest absolute Gasteiger partial charge is 0.507 e. The summed E-state index contributed by atoms with van der Waals surface area (Å²) >= 11 is 0. The van der Waals surface area contributed by atoms with Crippen LogP contribution in [0.1, 0.15) is 0 Å². The monoisotopic (exact) mass is 175 g/mol. The topological polar surface area (TPSA) is 42.4 Å². The molecule has 0 spiro atoms. The van der Waals surface area contributed by atoms with Crippen LogP contribution in [0.25, 0.3) is 10.8 Å². The number of hydrogen-bond donors (Lipinski definition) is 1. The first-order valence-electron chi connectivity index (χ1n) is 3.92. The third-order valence-corrected chi connectivity index (χ3v) is 1.97. The molecule has 13 heavy (non-hydrogen) atoms. The summed E-state index contributed by atoms with van der Waals surface area (Å²) in [6.45, 7) is 0. The molecule has 1 heterocycles. The molecule has 0 aliphatic carbocycles. The average Bonchev–Trinajstić information content (AvgIpc) is 2.19. The Morgan fingerprint density at radius 2 is 2.08 bits per heavy atom. The van der Waals surface area contributed by atoms with Crippen molar-refractivity contribution < 1.29 is 9.84 Å². The molecule has 3 heteroatoms. The van der Waals surface area contributed by atoms with Crippen LogP contribution in [-0.2, 0) is 0 Å². The van der Waals surface area contributed by atoms with Gasteiger partial charge in [0.15, 0.2) is 0 Å². The Balaban J connectivity index is 2.84. The first-order chi connectivity index (χ1) is 6.33. The van der Waals surface area contributed by atoms with Crippen molar-refractivity contribution >= 4 is 10.8 Å². The number of methoxy groups -OCH3 is 1. The van der Waals surface area contributed by atoms with Gasteiger partial charge in [-0.1, -0.05) is 0 Å². The van der Waals surface area contributed by atoms with Crippen LogP contribution < -0.4 is 4.74 Å². The molecule has 2 rings (SSSR count). The number of aromatic hydroxyl groups is 1. The zero-order valence-corrected chi connectivity index (χ0v) is 7.19. The lowest BCUT2D eigenvalue weighted by Gasteiger charge is -2.05. The van der Waals surface area contributed by atoms with E-state index in [1.54, 1.807) is 37.7 Å². The van der Waals surface area contributed by atoms with Crippen LogP contribution in [0.15, 0.2) is 30.6 Å². The van der Waals surface area contributed by atoms with Gasteiger partial charge in [0.2, 0.25) is 0 Å². The lowest BCUT2D eigenvalue weighted by Crippen LogP contribution is -1.85. The van der Waals surface area contributed by atoms with Crippen LogP contribution in [-0.4, -0.2) is 17.2 Å². The van der Waals surface area contributed by atoms with E-state index in [1.165, 1.54) is 0 Å². The van der Waals surface area contributed by atoms with Crippen molar-refractivity contribution in [3.63, 3.8) is 0 Å². The highest BCUT2D eigenvalue weighted by atomic mass is 16.5. The molecule has 0 unspecified atom stereocenters. The molecule has 0 bridgehead atoms. The molecular weight excluding hydrogens is 166 g/mol. The van der Waals surface area contributed by atoms with Crippen molar-refractivity contribution in [2.75, 3.05) is 7.11 Å². The van der Waals surface area contributed by atoms with E-state index >= 15 is 0 Å². The van der Waals surface area contributed by atoms with Gasteiger partial charge in [-0.2, -0.15) is 0 Å². The highest BCUT2D eigenvalue weighted by molar-refractivity contribution is 5.92. The average molecular weight is 175 g/mol. The summed E-state index contributed by atoms with van der Waals surface area (Å²) in [7, 11) is 1.60. The van der Waals surface area contributed by atoms with Gasteiger partial charge in [0.1, 0.15) is 11.5 Å². The maximum absolute atomic E-state index is 9.51. The Morgan fingerprint density at radius 1 is 1.23 bits per heavy atom. The predicted molar refractivity (Wildman–Crippen MR) is 50.0 cm³/mol. The number of pyridine rings is 1. The molecule has 0 aliphatic rings. The molecule has 3 nitrogen and oxygen atoms in total. The fourth-order valence-electron chi connectivity index (χ4n) is 1.33. The smallest absolute Gasteiger partial charge is 0.128 e. The fourth-order valence-corrected chi connectivity index (χ4v) is 1.33. The number of phenols is 1. The van der Waals surface area contributed by atoms with Crippen molar-refractivity contribution in [2.45, 2.75) is 0 Å². The maximum atomic E-state index is 9.51. The fraction of sp³-hybridized carbons (Fsp3) is 0.100. The minimum Gasteiger partial charge on any atom is -0.507 e. The molecule has 0 saturated carbocycles. The third-order valence-electron chi connectivity index (χ3n) is 1.97. The summed E-state index contributed by atoms with van der Waals surface area (Å²) in [4.78, 5) is 3.97. The van der Waals surface area contributed by atoms with E-state index in [4.69, 9.17) is 4.74 Å². The minimum atomic E-state index is 0.248. The predicted octanol–water partition coefficient (Wildman–Crippen LogP) is 1.95. The van der Waals surface area contributed by atoms with E-state index in [1.807, 2.05) is 0 Å². The van der Waals surface area contributed by atoms with E-state index in [-0.39, 0.29) is 5.75 Å². The van der Waals surface area contributed by atoms with Gasteiger partial charge >= 0.3 is 0 Å². The van der Waals surface area contributed by atoms with E-state index in [0.29, 0.717) is 0 Å². The number of rotatable bonds is 1. The molecule has 1 N–H and O–H groups in total. The Labute approximate surface area is 75.6 Å². The molecule has 0 aliphatic heterocycles. The second-order valence-corrected chi connectivity index (χ2v) is 2.71. The van der Waals surface area contributed by atoms with E-state index < -0.39 is 0 Å². The quantitative estimate of drug-likeness (QED) is 0.720. The summed E-state index contributed by atoms with van der Waals surface area (Å²) in [5, 5.41) is 11.1. The van der Waals surface area contributed by atoms with Crippen molar-refractivity contribution in [1.82, 2.24) is 4.98 Å². The Bertz CT molecular complexity index is 440. The maximum Gasteiger partial charge on any atom is 0.128 e. The lowest BCUT2D eigenvalue weighted by atomic mass is 10.1. The normalized spacial score (nSPS) is 10.2. The first-order valence-corrected chi connectivity index (χ1v) is 3.92. The molecule has 2 aromatic rings. The second-order valence-electron chi connectivity index (χ2n) is 2.71. The zero-order valence-electron chi connectivity index (χ0n) is 7.19. The molecule has 66 valence electrons. The molecule has 1 aromatic carbocycles. The summed E-state index contributed by atoms with van der Waals surface area (Å²) in [6, 6.07) is 5.09. The van der Waals surface area contributed by atoms with Crippen molar-refractivity contribution in [3.8, 4) is 11.5 Å². The van der Waals surface area contributed by atoms with Crippen LogP contribution in [0, 0.1) is 0 Å². The Kier molecular flexibility index (Phi) is 1.77. The second kappa shape index (κ2) is 2.94. The van der Waals surface area contributed by atoms with Gasteiger partial charge in [-0.3, -0.25) is 4.98 Å². The molecule has 0 amide bonds. The van der Waals surface area contributed by atoms with E-state index in [2.05, 4.69) is 4.98 Å². The summed E-state index contributed by atoms with van der Waals surface area (Å²) in [6.07, 6.45) is 3.31. The van der Waals surface area contributed by atoms with Crippen LogP contribution in [0.2, 0.25) is 0 Å². The number of ether oxygens (including phenoxy) is 1. The summed E-state index contributed by atoms with van der Waals surface area (Å²) < 4.78 is 5.13. The van der Waals surface area contributed by atoms with Gasteiger partial charge < -0.3 is 9.84 Å². The number of fused-ring (bicyclic) bond motifs is 1. The molecular formula is C10H9NO2. The molecule has 0 fully saturated rings. The van der Waals surface area contributed by atoms with Gasteiger partial charge in [0, 0.05) is 23.2 Å². The molecule has 0 atom stereocenters. The van der Waals surface area contributed by atoms with Gasteiger partial charge in [-0.05, 0) is 18.2 Å². The first kappa shape index (κ1) is 7.86. The number of phenolic OH excluding ortho intramolecular Hbond substituents is 1. The molecule has 0 radical (unpaired) electrons. The van der Waals surface area contributed by atoms with Crippen LogP contribution in [0.5, 0.6) is 11.5 Å². The minimum absolute atomic E-state index is 0.248. The number of hydrogen-bond acceptors (Lipinski definition) is 3. The standard InChI is InChI=1S/C10H9NO2/c1-13-10-3-2-9(12)7-4-5-11-6-8(7)10/h2-6,12H,1H3. The number of benzene rings is 1. The van der Waals surface area contributed by atoms with Crippen molar-refractivity contribution in [3.05, 3.63) is 30.6 Å². The summed E-state index contributed by atoms with van der Waals surface area (Å²) in [5.74, 6) is 0.971. The Hall–Kier alpha value is -1.77. The SMILES string of the molecule is COc1ccc(O)c2ccncc12. The van der Waals surface area contributed by atoms with Gasteiger partial charge in [0.25, 0.3) is 0 Å². The van der Waals surface area contributed by atoms with Gasteiger partial charge in [0.05, 0.1) is 7.11 Å².